The van der Waals surface area contributed by atoms with E-state index in [2.05, 4.69) is 18.0 Å². The van der Waals surface area contributed by atoms with E-state index in [4.69, 9.17) is 5.73 Å². The summed E-state index contributed by atoms with van der Waals surface area (Å²) in [5, 5.41) is 0. The minimum atomic E-state index is -0.678. The average molecular weight is 434 g/mol. The fourth-order valence-electron chi connectivity index (χ4n) is 4.19. The predicted molar refractivity (Wildman–Crippen MR) is 126 cm³/mol. The van der Waals surface area contributed by atoms with Crippen LogP contribution >= 0.6 is 0 Å². The number of hydrogen-bond donors (Lipinski definition) is 2. The van der Waals surface area contributed by atoms with E-state index in [9.17, 15) is 14.4 Å². The molecular weight excluding hydrogens is 406 g/mol. The van der Waals surface area contributed by atoms with Crippen molar-refractivity contribution in [2.75, 3.05) is 35.7 Å². The summed E-state index contributed by atoms with van der Waals surface area (Å²) < 4.78 is 1.27. The lowest BCUT2D eigenvalue weighted by Crippen LogP contribution is -2.44. The first kappa shape index (κ1) is 21.4. The molecule has 0 radical (unpaired) electrons. The second-order valence-corrected chi connectivity index (χ2v) is 8.17. The second-order valence-electron chi connectivity index (χ2n) is 8.17. The van der Waals surface area contributed by atoms with Gasteiger partial charge in [-0.2, -0.15) is 0 Å². The summed E-state index contributed by atoms with van der Waals surface area (Å²) in [4.78, 5) is 43.7. The number of aromatic nitrogens is 2. The Morgan fingerprint density at radius 3 is 2.66 bits per heavy atom. The number of nitrogens with two attached hydrogens (primary N) is 1. The van der Waals surface area contributed by atoms with E-state index in [-0.39, 0.29) is 30.5 Å². The van der Waals surface area contributed by atoms with Gasteiger partial charge >= 0.3 is 5.69 Å². The van der Waals surface area contributed by atoms with Crippen LogP contribution in [0.2, 0.25) is 0 Å². The van der Waals surface area contributed by atoms with E-state index < -0.39 is 11.2 Å². The fraction of sp³-hybridized carbons (Fsp3) is 0.292. The van der Waals surface area contributed by atoms with E-state index in [0.717, 1.165) is 30.6 Å². The van der Waals surface area contributed by atoms with Crippen molar-refractivity contribution in [2.24, 2.45) is 0 Å². The van der Waals surface area contributed by atoms with Crippen LogP contribution in [0.3, 0.4) is 0 Å². The molecule has 0 unspecified atom stereocenters. The molecule has 0 atom stereocenters. The van der Waals surface area contributed by atoms with Crippen molar-refractivity contribution in [3.8, 4) is 0 Å². The van der Waals surface area contributed by atoms with Gasteiger partial charge < -0.3 is 15.5 Å². The molecule has 0 saturated carbocycles. The third-order valence-electron chi connectivity index (χ3n) is 5.88. The molecule has 0 saturated heterocycles. The van der Waals surface area contributed by atoms with Gasteiger partial charge in [0.25, 0.3) is 5.56 Å². The Kier molecular flexibility index (Phi) is 5.85. The molecule has 1 aliphatic rings. The first-order chi connectivity index (χ1) is 15.3. The van der Waals surface area contributed by atoms with Crippen molar-refractivity contribution in [1.82, 2.24) is 9.55 Å². The number of carbonyl (C=O) groups is 1. The Morgan fingerprint density at radius 1 is 1.16 bits per heavy atom. The number of amides is 1. The molecule has 1 amide bonds. The first-order valence-corrected chi connectivity index (χ1v) is 10.6. The molecule has 0 bridgehead atoms. The largest absolute Gasteiger partial charge is 0.383 e. The number of nitrogens with zero attached hydrogens (tertiary/aromatic N) is 3. The number of hydrogen-bond acceptors (Lipinski definition) is 5. The number of nitrogen functional groups attached to an aromatic ring is 1. The van der Waals surface area contributed by atoms with E-state index in [1.54, 1.807) is 0 Å². The molecule has 1 aromatic heterocycles. The molecule has 8 heteroatoms. The van der Waals surface area contributed by atoms with Crippen molar-refractivity contribution < 1.29 is 4.79 Å². The van der Waals surface area contributed by atoms with Crippen molar-refractivity contribution in [1.29, 1.82) is 0 Å². The number of likely N-dealkylation sites (N-methyl/N-ethyl adjacent to an activating group) is 1. The number of rotatable bonds is 5. The van der Waals surface area contributed by atoms with Crippen molar-refractivity contribution in [3.63, 3.8) is 0 Å². The number of benzene rings is 2. The lowest BCUT2D eigenvalue weighted by Gasteiger charge is -2.32. The molecule has 8 nitrogen and oxygen atoms in total. The van der Waals surface area contributed by atoms with Gasteiger partial charge in [-0.25, -0.2) is 4.79 Å². The maximum atomic E-state index is 13.1. The first-order valence-electron chi connectivity index (χ1n) is 10.6. The number of fused-ring (bicyclic) bond motifs is 1. The lowest BCUT2D eigenvalue weighted by atomic mass is 9.99. The van der Waals surface area contributed by atoms with Crippen LogP contribution in [-0.4, -0.2) is 35.6 Å². The third kappa shape index (κ3) is 4.16. The second kappa shape index (κ2) is 8.74. The molecule has 3 aromatic rings. The number of H-pyrrole nitrogens is 1. The highest BCUT2D eigenvalue weighted by Crippen LogP contribution is 2.28. The topological polar surface area (TPSA) is 104 Å². The Hall–Kier alpha value is -3.81. The maximum absolute atomic E-state index is 13.1. The Morgan fingerprint density at radius 2 is 1.91 bits per heavy atom. The normalized spacial score (nSPS) is 13.0. The van der Waals surface area contributed by atoms with Gasteiger partial charge in [-0.1, -0.05) is 48.0 Å². The zero-order valence-corrected chi connectivity index (χ0v) is 18.3. The van der Waals surface area contributed by atoms with Gasteiger partial charge in [0.2, 0.25) is 5.91 Å². The van der Waals surface area contributed by atoms with Gasteiger partial charge in [0.15, 0.2) is 5.69 Å². The molecule has 166 valence electrons. The van der Waals surface area contributed by atoms with Crippen molar-refractivity contribution in [3.05, 3.63) is 86.1 Å². The number of anilines is 3. The standard InChI is InChI=1S/C24H27N5O3/c1-16-10-11-19-18(13-16)9-6-12-28(19)15-20(30)27(2)21-22(25)29(24(32)26-23(21)31)14-17-7-4-3-5-8-17/h3-5,7-8,10-11,13H,6,9,12,14-15,25H2,1-2H3,(H,26,31,32). The van der Waals surface area contributed by atoms with Gasteiger partial charge in [-0.05, 0) is 37.0 Å². The molecule has 0 fully saturated rings. The Balaban J connectivity index is 1.61. The summed E-state index contributed by atoms with van der Waals surface area (Å²) in [5.41, 5.74) is 9.23. The summed E-state index contributed by atoms with van der Waals surface area (Å²) in [6, 6.07) is 15.5. The van der Waals surface area contributed by atoms with Gasteiger partial charge in [-0.15, -0.1) is 0 Å². The third-order valence-corrected chi connectivity index (χ3v) is 5.88. The molecule has 4 rings (SSSR count). The van der Waals surface area contributed by atoms with E-state index in [0.29, 0.717) is 0 Å². The van der Waals surface area contributed by atoms with E-state index in [1.165, 1.54) is 27.6 Å². The lowest BCUT2D eigenvalue weighted by molar-refractivity contribution is -0.117. The summed E-state index contributed by atoms with van der Waals surface area (Å²) in [6.07, 6.45) is 1.94. The molecule has 2 aromatic carbocycles. The minimum Gasteiger partial charge on any atom is -0.383 e. The smallest absolute Gasteiger partial charge is 0.330 e. The van der Waals surface area contributed by atoms with Crippen LogP contribution in [0.15, 0.2) is 58.1 Å². The number of aryl methyl sites for hydroxylation is 2. The quantitative estimate of drug-likeness (QED) is 0.639. The monoisotopic (exact) mass is 433 g/mol. The zero-order valence-electron chi connectivity index (χ0n) is 18.3. The SMILES string of the molecule is Cc1ccc2c(c1)CCCN2CC(=O)N(C)c1c(N)n(Cc2ccccc2)c(=O)[nH]c1=O. The number of aromatic amines is 1. The van der Waals surface area contributed by atoms with Gasteiger partial charge in [0, 0.05) is 19.3 Å². The number of carbonyl (C=O) groups excluding carboxylic acids is 1. The highest BCUT2D eigenvalue weighted by Gasteiger charge is 2.25. The molecule has 32 heavy (non-hydrogen) atoms. The Labute approximate surface area is 185 Å². The average Bonchev–Trinajstić information content (AvgIpc) is 2.77. The predicted octanol–water partition coefficient (Wildman–Crippen LogP) is 1.89. The summed E-state index contributed by atoms with van der Waals surface area (Å²) in [6.45, 7) is 3.12. The van der Waals surface area contributed by atoms with Gasteiger partial charge in [0.1, 0.15) is 5.82 Å². The van der Waals surface area contributed by atoms with Crippen LogP contribution in [0.5, 0.6) is 0 Å². The highest BCUT2D eigenvalue weighted by molar-refractivity contribution is 5.98. The van der Waals surface area contributed by atoms with Crippen LogP contribution in [0.25, 0.3) is 0 Å². The summed E-state index contributed by atoms with van der Waals surface area (Å²) >= 11 is 0. The van der Waals surface area contributed by atoms with E-state index >= 15 is 0 Å². The molecule has 1 aliphatic heterocycles. The Bertz CT molecular complexity index is 1260. The van der Waals surface area contributed by atoms with E-state index in [1.807, 2.05) is 47.4 Å². The van der Waals surface area contributed by atoms with Crippen LogP contribution in [-0.2, 0) is 17.8 Å². The van der Waals surface area contributed by atoms with Crippen LogP contribution in [0.1, 0.15) is 23.1 Å². The van der Waals surface area contributed by atoms with Gasteiger partial charge in [-0.3, -0.25) is 19.1 Å². The zero-order chi connectivity index (χ0) is 22.8. The fourth-order valence-corrected chi connectivity index (χ4v) is 4.19. The number of nitrogens with one attached hydrogen (secondary N) is 1. The molecule has 0 spiro atoms. The van der Waals surface area contributed by atoms with Crippen LogP contribution < -0.4 is 26.8 Å². The van der Waals surface area contributed by atoms with Crippen molar-refractivity contribution >= 4 is 23.1 Å². The summed E-state index contributed by atoms with van der Waals surface area (Å²) in [7, 11) is 1.51. The molecule has 0 aliphatic carbocycles. The molecule has 3 N–H and O–H groups in total. The minimum absolute atomic E-state index is 0.0216. The molecule has 2 heterocycles. The maximum Gasteiger partial charge on any atom is 0.330 e. The highest BCUT2D eigenvalue weighted by atomic mass is 16.2. The van der Waals surface area contributed by atoms with Crippen LogP contribution in [0.4, 0.5) is 17.2 Å². The van der Waals surface area contributed by atoms with Gasteiger partial charge in [0.05, 0.1) is 13.1 Å². The summed E-state index contributed by atoms with van der Waals surface area (Å²) in [5.74, 6) is -0.311. The molecular formula is C24H27N5O3. The van der Waals surface area contributed by atoms with Crippen molar-refractivity contribution in [2.45, 2.75) is 26.3 Å². The van der Waals surface area contributed by atoms with Crippen LogP contribution in [0, 0.1) is 6.92 Å².